The molecule has 0 saturated carbocycles. The molecule has 0 atom stereocenters. The van der Waals surface area contributed by atoms with Crippen LogP contribution in [0.15, 0.2) is 0 Å². The van der Waals surface area contributed by atoms with Crippen molar-refractivity contribution in [3.63, 3.8) is 0 Å². The second-order valence-electron chi connectivity index (χ2n) is 0. The van der Waals surface area contributed by atoms with Crippen LogP contribution in [0, 0.1) is 37.7 Å². The summed E-state index contributed by atoms with van der Waals surface area (Å²) < 4.78 is 0. The second kappa shape index (κ2) is 23.7. The quantitative estimate of drug-likeness (QED) is 0.373. The minimum absolute atomic E-state index is 0. The van der Waals surface area contributed by atoms with Gasteiger partial charge in [0.15, 0.2) is 0 Å². The van der Waals surface area contributed by atoms with Crippen molar-refractivity contribution >= 4 is 48.9 Å². The zero-order valence-corrected chi connectivity index (χ0v) is 7.39. The van der Waals surface area contributed by atoms with Gasteiger partial charge in [-0.05, 0) is 0 Å². The average Bonchev–Trinajstić information content (AvgIpc) is 0. The number of hydrogen-bond donors (Lipinski definition) is 0. The summed E-state index contributed by atoms with van der Waals surface area (Å²) in [5, 5.41) is 0. The Morgan fingerprint density at radius 3 is 1.00 bits per heavy atom. The van der Waals surface area contributed by atoms with Gasteiger partial charge in [-0.3, -0.25) is 0 Å². The van der Waals surface area contributed by atoms with Crippen LogP contribution >= 0.6 is 0 Å². The fourth-order valence-electron chi connectivity index (χ4n) is 0. The molecule has 0 amide bonds. The summed E-state index contributed by atoms with van der Waals surface area (Å²) in [6.07, 6.45) is 0. The predicted molar refractivity (Wildman–Crippen MR) is 12.2 cm³/mol. The molecule has 0 aromatic rings. The maximum atomic E-state index is 0. The minimum atomic E-state index is 0. The summed E-state index contributed by atoms with van der Waals surface area (Å²) >= 11 is 0. The fourth-order valence-corrected chi connectivity index (χ4v) is 0. The molecule has 0 aromatic heterocycles. The van der Waals surface area contributed by atoms with E-state index in [9.17, 15) is 0 Å². The van der Waals surface area contributed by atoms with Crippen LogP contribution in [0.2, 0.25) is 0 Å². The molecule has 1 nitrogen and oxygen atoms in total. The first-order chi connectivity index (χ1) is 0. The molecule has 0 aliphatic carbocycles. The SMILES string of the molecule is O.[BaH2].[Cu].[Ho].[Y]. The van der Waals surface area contributed by atoms with Gasteiger partial charge in [-0.2, -0.15) is 0 Å². The third kappa shape index (κ3) is 17.8. The van der Waals surface area contributed by atoms with E-state index in [-0.39, 0.29) is 142 Å². The molecular weight excluding hydrogens is 471 g/mol. The van der Waals surface area contributed by atoms with Gasteiger partial charge in [-0.15, -0.1) is 0 Å². The van der Waals surface area contributed by atoms with E-state index in [4.69, 9.17) is 0 Å². The summed E-state index contributed by atoms with van der Waals surface area (Å²) in [7, 11) is 0. The second-order valence-corrected chi connectivity index (χ2v) is 0. The molecule has 2 N–H and O–H groups in total. The molecule has 0 spiro atoms. The van der Waals surface area contributed by atoms with Crippen molar-refractivity contribution in [1.29, 1.82) is 0 Å². The van der Waals surface area contributed by atoms with Gasteiger partial charge in [0.25, 0.3) is 0 Å². The van der Waals surface area contributed by atoms with E-state index in [0.29, 0.717) is 0 Å². The standard InChI is InChI=1S/Ba.Cu.Ho.H2O.Y.2H/h;;;1H2;;;. The van der Waals surface area contributed by atoms with Crippen LogP contribution in [0.1, 0.15) is 0 Å². The molecule has 0 bridgehead atoms. The normalized spacial score (nSPS) is 0. The van der Waals surface area contributed by atoms with E-state index in [2.05, 4.69) is 0 Å². The van der Waals surface area contributed by atoms with Gasteiger partial charge in [0, 0.05) is 87.5 Å². The molecule has 3 radical (unpaired) electrons. The fraction of sp³-hybridized carbons (Fsp3) is 0. The molecule has 5 heteroatoms. The first-order valence-corrected chi connectivity index (χ1v) is 0. The topological polar surface area (TPSA) is 31.5 Å². The summed E-state index contributed by atoms with van der Waals surface area (Å²) in [6.45, 7) is 0. The van der Waals surface area contributed by atoms with Crippen LogP contribution in [-0.4, -0.2) is 54.4 Å². The third-order valence-corrected chi connectivity index (χ3v) is 0. The van der Waals surface area contributed by atoms with Crippen molar-refractivity contribution in [2.45, 2.75) is 0 Å². The molecule has 0 heterocycles. The molecule has 37 valence electrons. The summed E-state index contributed by atoms with van der Waals surface area (Å²) in [6, 6.07) is 0. The smallest absolute Gasteiger partial charge is 0 e. The maximum Gasteiger partial charge on any atom is 0 e. The Labute approximate surface area is 138 Å². The Balaban J connectivity index is 0. The molecule has 0 saturated heterocycles. The van der Waals surface area contributed by atoms with Crippen LogP contribution in [0.5, 0.6) is 0 Å². The summed E-state index contributed by atoms with van der Waals surface area (Å²) in [5.74, 6) is 0. The maximum absolute atomic E-state index is 0. The summed E-state index contributed by atoms with van der Waals surface area (Å²) in [5.41, 5.74) is 0. The average molecular weight is 475 g/mol. The van der Waals surface area contributed by atoms with E-state index in [1.165, 1.54) is 0 Å². The molecule has 0 aromatic carbocycles. The van der Waals surface area contributed by atoms with Crippen molar-refractivity contribution in [1.82, 2.24) is 0 Å². The molecule has 5 heavy (non-hydrogen) atoms. The van der Waals surface area contributed by atoms with Crippen molar-refractivity contribution in [3.05, 3.63) is 0 Å². The molecular formula is H4BaCuHoOY. The molecule has 0 aliphatic heterocycles. The van der Waals surface area contributed by atoms with Gasteiger partial charge in [0.1, 0.15) is 0 Å². The van der Waals surface area contributed by atoms with Gasteiger partial charge in [0.05, 0.1) is 0 Å². The largest absolute Gasteiger partial charge is 0 e. The molecule has 0 rings (SSSR count). The molecule has 0 unspecified atom stereocenters. The Bertz CT molecular complexity index is 11.6. The van der Waals surface area contributed by atoms with Gasteiger partial charge in [-0.25, -0.2) is 0 Å². The van der Waals surface area contributed by atoms with Crippen LogP contribution in [0.25, 0.3) is 0 Å². The van der Waals surface area contributed by atoms with E-state index in [1.807, 2.05) is 0 Å². The van der Waals surface area contributed by atoms with Crippen molar-refractivity contribution in [3.8, 4) is 0 Å². The first-order valence-electron chi connectivity index (χ1n) is 0. The van der Waals surface area contributed by atoms with Crippen molar-refractivity contribution < 1.29 is 93.0 Å². The third-order valence-electron chi connectivity index (χ3n) is 0. The van der Waals surface area contributed by atoms with Gasteiger partial charge in [0.2, 0.25) is 0 Å². The minimum Gasteiger partial charge on any atom is 0 e. The van der Waals surface area contributed by atoms with Crippen LogP contribution in [0.3, 0.4) is 0 Å². The van der Waals surface area contributed by atoms with Gasteiger partial charge < -0.3 is 5.48 Å². The Hall–Kier alpha value is 4.41. The van der Waals surface area contributed by atoms with E-state index in [0.717, 1.165) is 0 Å². The first kappa shape index (κ1) is 34.2. The summed E-state index contributed by atoms with van der Waals surface area (Å²) in [4.78, 5) is 0. The van der Waals surface area contributed by atoms with E-state index in [1.54, 1.807) is 0 Å². The van der Waals surface area contributed by atoms with E-state index < -0.39 is 0 Å². The van der Waals surface area contributed by atoms with Crippen LogP contribution in [-0.2, 0) is 49.8 Å². The van der Waals surface area contributed by atoms with Gasteiger partial charge >= 0.3 is 48.9 Å². The predicted octanol–water partition coefficient (Wildman–Crippen LogP) is -1.75. The monoisotopic (exact) mass is 475 g/mol. The molecule has 0 aliphatic rings. The number of hydrogen-bond acceptors (Lipinski definition) is 0. The Kier molecular flexibility index (Phi) is 162. The Morgan fingerprint density at radius 2 is 1.00 bits per heavy atom. The van der Waals surface area contributed by atoms with E-state index >= 15 is 0 Å². The van der Waals surface area contributed by atoms with Crippen molar-refractivity contribution in [2.75, 3.05) is 0 Å². The Morgan fingerprint density at radius 1 is 1.00 bits per heavy atom. The van der Waals surface area contributed by atoms with Crippen molar-refractivity contribution in [2.24, 2.45) is 0 Å². The van der Waals surface area contributed by atoms with Crippen LogP contribution in [0.4, 0.5) is 0 Å². The zero-order chi connectivity index (χ0) is 0. The molecule has 0 fully saturated rings. The van der Waals surface area contributed by atoms with Crippen LogP contribution < -0.4 is 0 Å². The van der Waals surface area contributed by atoms with Gasteiger partial charge in [-0.1, -0.05) is 0 Å². The zero-order valence-electron chi connectivity index (χ0n) is 1.68. The number of rotatable bonds is 0.